The Labute approximate surface area is 78.3 Å². The molecule has 1 saturated carbocycles. The first-order valence-electron chi connectivity index (χ1n) is 4.67. The number of oxime groups is 2. The van der Waals surface area contributed by atoms with E-state index < -0.39 is 0 Å². The van der Waals surface area contributed by atoms with E-state index in [9.17, 15) is 0 Å². The van der Waals surface area contributed by atoms with Crippen molar-refractivity contribution in [3.63, 3.8) is 0 Å². The van der Waals surface area contributed by atoms with Gasteiger partial charge < -0.3 is 10.0 Å². The summed E-state index contributed by atoms with van der Waals surface area (Å²) in [7, 11) is 1.51. The van der Waals surface area contributed by atoms with Gasteiger partial charge in [0.25, 0.3) is 0 Å². The largest absolute Gasteiger partial charge is 0.411 e. The predicted octanol–water partition coefficient (Wildman–Crippen LogP) is 2.03. The molecule has 0 unspecified atom stereocenters. The zero-order valence-electron chi connectivity index (χ0n) is 7.94. The summed E-state index contributed by atoms with van der Waals surface area (Å²) in [5.41, 5.74) is 0.754. The van der Waals surface area contributed by atoms with Crippen molar-refractivity contribution in [3.8, 4) is 0 Å². The van der Waals surface area contributed by atoms with Crippen molar-refractivity contribution in [2.24, 2.45) is 16.2 Å². The molecule has 0 aromatic carbocycles. The van der Waals surface area contributed by atoms with Crippen LogP contribution in [0.3, 0.4) is 0 Å². The van der Waals surface area contributed by atoms with Gasteiger partial charge in [0.15, 0.2) is 0 Å². The lowest BCUT2D eigenvalue weighted by Crippen LogP contribution is -2.19. The van der Waals surface area contributed by atoms with Gasteiger partial charge in [-0.3, -0.25) is 0 Å². The molecule has 0 amide bonds. The number of rotatable bonds is 3. The van der Waals surface area contributed by atoms with E-state index >= 15 is 0 Å². The van der Waals surface area contributed by atoms with Crippen LogP contribution in [-0.2, 0) is 4.84 Å². The van der Waals surface area contributed by atoms with Crippen molar-refractivity contribution in [2.75, 3.05) is 7.11 Å². The Hall–Kier alpha value is -1.06. The molecule has 0 bridgehead atoms. The highest BCUT2D eigenvalue weighted by atomic mass is 16.6. The zero-order chi connectivity index (χ0) is 9.52. The van der Waals surface area contributed by atoms with E-state index in [0.29, 0.717) is 5.92 Å². The highest BCUT2D eigenvalue weighted by molar-refractivity contribution is 6.31. The van der Waals surface area contributed by atoms with Gasteiger partial charge in [-0.25, -0.2) is 0 Å². The fraction of sp³-hybridized carbons (Fsp3) is 0.778. The average Bonchev–Trinajstić information content (AvgIpc) is 2.19. The number of hydrogen-bond acceptors (Lipinski definition) is 4. The zero-order valence-corrected chi connectivity index (χ0v) is 7.94. The van der Waals surface area contributed by atoms with E-state index in [1.54, 1.807) is 0 Å². The summed E-state index contributed by atoms with van der Waals surface area (Å²) in [6, 6.07) is 0. The fourth-order valence-electron chi connectivity index (χ4n) is 1.77. The lowest BCUT2D eigenvalue weighted by molar-refractivity contribution is 0.210. The molecule has 0 aromatic heterocycles. The SMILES string of the molecule is CO/N=C(\C=N\O)C1CCCCC1. The summed E-state index contributed by atoms with van der Waals surface area (Å²) in [6.45, 7) is 0. The molecule has 0 aromatic rings. The van der Waals surface area contributed by atoms with Crippen molar-refractivity contribution in [2.45, 2.75) is 32.1 Å². The highest BCUT2D eigenvalue weighted by Crippen LogP contribution is 2.24. The third-order valence-corrected chi connectivity index (χ3v) is 2.41. The molecule has 0 saturated heterocycles. The Bertz CT molecular complexity index is 196. The Balaban J connectivity index is 2.57. The number of hydrogen-bond donors (Lipinski definition) is 1. The summed E-state index contributed by atoms with van der Waals surface area (Å²) in [6.07, 6.45) is 7.37. The molecule has 1 fully saturated rings. The molecule has 0 radical (unpaired) electrons. The topological polar surface area (TPSA) is 54.2 Å². The van der Waals surface area contributed by atoms with Gasteiger partial charge in [-0.2, -0.15) is 0 Å². The van der Waals surface area contributed by atoms with Crippen LogP contribution >= 0.6 is 0 Å². The Morgan fingerprint density at radius 1 is 1.38 bits per heavy atom. The second-order valence-corrected chi connectivity index (χ2v) is 3.28. The van der Waals surface area contributed by atoms with Crippen LogP contribution in [0.2, 0.25) is 0 Å². The van der Waals surface area contributed by atoms with Crippen molar-refractivity contribution in [3.05, 3.63) is 0 Å². The van der Waals surface area contributed by atoms with Crippen molar-refractivity contribution >= 4 is 11.9 Å². The van der Waals surface area contributed by atoms with Gasteiger partial charge in [-0.1, -0.05) is 29.6 Å². The maximum atomic E-state index is 8.43. The molecular formula is C9H16N2O2. The highest BCUT2D eigenvalue weighted by Gasteiger charge is 2.18. The fourth-order valence-corrected chi connectivity index (χ4v) is 1.77. The van der Waals surface area contributed by atoms with Crippen LogP contribution in [0.15, 0.2) is 10.3 Å². The minimum absolute atomic E-state index is 0.407. The van der Waals surface area contributed by atoms with Gasteiger partial charge in [0.05, 0.1) is 6.21 Å². The van der Waals surface area contributed by atoms with Crippen LogP contribution in [0.4, 0.5) is 0 Å². The molecule has 1 aliphatic carbocycles. The molecule has 0 heterocycles. The lowest BCUT2D eigenvalue weighted by atomic mass is 9.86. The third-order valence-electron chi connectivity index (χ3n) is 2.41. The van der Waals surface area contributed by atoms with Crippen LogP contribution in [0, 0.1) is 5.92 Å². The van der Waals surface area contributed by atoms with Crippen LogP contribution in [0.1, 0.15) is 32.1 Å². The van der Waals surface area contributed by atoms with E-state index in [-0.39, 0.29) is 0 Å². The molecular weight excluding hydrogens is 168 g/mol. The molecule has 1 rings (SSSR count). The van der Waals surface area contributed by atoms with Gasteiger partial charge in [0, 0.05) is 5.92 Å². The van der Waals surface area contributed by atoms with Crippen molar-refractivity contribution < 1.29 is 10.0 Å². The molecule has 13 heavy (non-hydrogen) atoms. The Morgan fingerprint density at radius 2 is 2.08 bits per heavy atom. The summed E-state index contributed by atoms with van der Waals surface area (Å²) in [5, 5.41) is 15.3. The number of nitrogens with zero attached hydrogens (tertiary/aromatic N) is 2. The van der Waals surface area contributed by atoms with E-state index in [1.165, 1.54) is 32.6 Å². The molecule has 4 nitrogen and oxygen atoms in total. The predicted molar refractivity (Wildman–Crippen MR) is 51.3 cm³/mol. The molecule has 1 N–H and O–H groups in total. The maximum absolute atomic E-state index is 8.43. The maximum Gasteiger partial charge on any atom is 0.106 e. The molecule has 1 aliphatic rings. The standard InChI is InChI=1S/C9H16N2O2/c1-13-11-9(7-10-12)8-5-3-2-4-6-8/h7-8,12H,2-6H2,1H3/b10-7+,11-9+. The first kappa shape index (κ1) is 10.0. The normalized spacial score (nSPS) is 20.8. The monoisotopic (exact) mass is 184 g/mol. The van der Waals surface area contributed by atoms with E-state index in [2.05, 4.69) is 10.3 Å². The molecule has 0 spiro atoms. The second-order valence-electron chi connectivity index (χ2n) is 3.28. The summed E-state index contributed by atoms with van der Waals surface area (Å²) in [4.78, 5) is 4.70. The molecule has 74 valence electrons. The summed E-state index contributed by atoms with van der Waals surface area (Å²) >= 11 is 0. The second kappa shape index (κ2) is 5.56. The van der Waals surface area contributed by atoms with Crippen LogP contribution < -0.4 is 0 Å². The van der Waals surface area contributed by atoms with Gasteiger partial charge in [-0.15, -0.1) is 0 Å². The smallest absolute Gasteiger partial charge is 0.106 e. The molecule has 0 aliphatic heterocycles. The van der Waals surface area contributed by atoms with Crippen LogP contribution in [0.5, 0.6) is 0 Å². The van der Waals surface area contributed by atoms with Gasteiger partial charge >= 0.3 is 0 Å². The summed E-state index contributed by atoms with van der Waals surface area (Å²) in [5.74, 6) is 0.407. The molecule has 0 atom stereocenters. The Morgan fingerprint density at radius 3 is 2.62 bits per heavy atom. The minimum atomic E-state index is 0.407. The van der Waals surface area contributed by atoms with Gasteiger partial charge in [0.1, 0.15) is 12.8 Å². The Kier molecular flexibility index (Phi) is 4.29. The van der Waals surface area contributed by atoms with Crippen molar-refractivity contribution in [1.29, 1.82) is 0 Å². The average molecular weight is 184 g/mol. The first-order chi connectivity index (χ1) is 6.38. The first-order valence-corrected chi connectivity index (χ1v) is 4.67. The van der Waals surface area contributed by atoms with E-state index in [1.807, 2.05) is 0 Å². The summed E-state index contributed by atoms with van der Waals surface area (Å²) < 4.78 is 0. The van der Waals surface area contributed by atoms with Crippen molar-refractivity contribution in [1.82, 2.24) is 0 Å². The van der Waals surface area contributed by atoms with Gasteiger partial charge in [0.2, 0.25) is 0 Å². The van der Waals surface area contributed by atoms with Crippen LogP contribution in [-0.4, -0.2) is 24.2 Å². The van der Waals surface area contributed by atoms with Gasteiger partial charge in [-0.05, 0) is 12.8 Å². The minimum Gasteiger partial charge on any atom is -0.411 e. The lowest BCUT2D eigenvalue weighted by Gasteiger charge is -2.20. The van der Waals surface area contributed by atoms with E-state index in [4.69, 9.17) is 10.0 Å². The molecule has 4 heteroatoms. The van der Waals surface area contributed by atoms with E-state index in [0.717, 1.165) is 18.6 Å². The van der Waals surface area contributed by atoms with Crippen LogP contribution in [0.25, 0.3) is 0 Å². The third kappa shape index (κ3) is 3.05. The quantitative estimate of drug-likeness (QED) is 0.414.